The van der Waals surface area contributed by atoms with Gasteiger partial charge < -0.3 is 4.57 Å². The quantitative estimate of drug-likeness (QED) is 0.639. The molecule has 0 spiro atoms. The highest BCUT2D eigenvalue weighted by atomic mass is 16.1. The van der Waals surface area contributed by atoms with Gasteiger partial charge in [-0.1, -0.05) is 26.0 Å². The van der Waals surface area contributed by atoms with E-state index < -0.39 is 0 Å². The molecular formula is C22H23N5O. The SMILES string of the molecule is [C-]#[N+]c1ccc2nc(NC(=O)CC(C)(C)c3ccccn3)n(C3CCC3)c2c1. The van der Waals surface area contributed by atoms with Crippen LogP contribution in [0.4, 0.5) is 11.6 Å². The molecule has 0 aliphatic heterocycles. The summed E-state index contributed by atoms with van der Waals surface area (Å²) in [7, 11) is 0. The molecule has 1 fully saturated rings. The number of benzene rings is 1. The van der Waals surface area contributed by atoms with Crippen LogP contribution in [0.5, 0.6) is 0 Å². The van der Waals surface area contributed by atoms with Crippen molar-refractivity contribution in [1.82, 2.24) is 14.5 Å². The van der Waals surface area contributed by atoms with Crippen molar-refractivity contribution in [2.24, 2.45) is 0 Å². The Morgan fingerprint density at radius 3 is 2.79 bits per heavy atom. The molecule has 1 saturated carbocycles. The number of nitrogens with one attached hydrogen (secondary N) is 1. The number of nitrogens with zero attached hydrogens (tertiary/aromatic N) is 4. The van der Waals surface area contributed by atoms with Gasteiger partial charge in [-0.25, -0.2) is 9.83 Å². The minimum atomic E-state index is -0.379. The lowest BCUT2D eigenvalue weighted by molar-refractivity contribution is -0.117. The van der Waals surface area contributed by atoms with E-state index >= 15 is 0 Å². The van der Waals surface area contributed by atoms with Crippen molar-refractivity contribution in [1.29, 1.82) is 0 Å². The van der Waals surface area contributed by atoms with Crippen LogP contribution in [0.2, 0.25) is 0 Å². The average Bonchev–Trinajstić information content (AvgIpc) is 2.97. The highest BCUT2D eigenvalue weighted by Crippen LogP contribution is 2.38. The predicted molar refractivity (Wildman–Crippen MR) is 109 cm³/mol. The molecule has 4 rings (SSSR count). The number of amides is 1. The molecule has 1 aromatic carbocycles. The summed E-state index contributed by atoms with van der Waals surface area (Å²) in [6.07, 6.45) is 5.37. The smallest absolute Gasteiger partial charge is 0.227 e. The van der Waals surface area contributed by atoms with Gasteiger partial charge in [0.2, 0.25) is 11.9 Å². The van der Waals surface area contributed by atoms with Crippen molar-refractivity contribution in [2.75, 3.05) is 5.32 Å². The highest BCUT2D eigenvalue weighted by molar-refractivity contribution is 5.93. The van der Waals surface area contributed by atoms with Crippen LogP contribution < -0.4 is 5.32 Å². The van der Waals surface area contributed by atoms with Gasteiger partial charge in [0.05, 0.1) is 17.6 Å². The van der Waals surface area contributed by atoms with Crippen LogP contribution in [0.25, 0.3) is 15.9 Å². The van der Waals surface area contributed by atoms with Crippen LogP contribution in [0.1, 0.15) is 51.3 Å². The second-order valence-corrected chi connectivity index (χ2v) is 8.00. The molecule has 1 N–H and O–H groups in total. The number of pyridine rings is 1. The van der Waals surface area contributed by atoms with Gasteiger partial charge >= 0.3 is 0 Å². The molecular weight excluding hydrogens is 350 g/mol. The normalized spacial score (nSPS) is 14.5. The third-order valence-electron chi connectivity index (χ3n) is 5.45. The van der Waals surface area contributed by atoms with Crippen LogP contribution in [0.15, 0.2) is 42.6 Å². The van der Waals surface area contributed by atoms with Crippen LogP contribution >= 0.6 is 0 Å². The van der Waals surface area contributed by atoms with Crippen LogP contribution in [-0.2, 0) is 10.2 Å². The first-order valence-electron chi connectivity index (χ1n) is 9.59. The van der Waals surface area contributed by atoms with Crippen molar-refractivity contribution in [2.45, 2.75) is 51.0 Å². The molecule has 3 aromatic rings. The third-order valence-corrected chi connectivity index (χ3v) is 5.45. The Bertz CT molecular complexity index is 1060. The Labute approximate surface area is 164 Å². The van der Waals surface area contributed by atoms with E-state index in [9.17, 15) is 4.79 Å². The van der Waals surface area contributed by atoms with Gasteiger partial charge in [-0.05, 0) is 43.5 Å². The number of aromatic nitrogens is 3. The topological polar surface area (TPSA) is 64.2 Å². The van der Waals surface area contributed by atoms with E-state index in [0.29, 0.717) is 24.1 Å². The molecule has 1 aliphatic carbocycles. The van der Waals surface area contributed by atoms with Crippen LogP contribution in [0.3, 0.4) is 0 Å². The van der Waals surface area contributed by atoms with Crippen molar-refractivity contribution >= 4 is 28.6 Å². The van der Waals surface area contributed by atoms with E-state index in [4.69, 9.17) is 6.57 Å². The Morgan fingerprint density at radius 2 is 2.14 bits per heavy atom. The van der Waals surface area contributed by atoms with Gasteiger partial charge in [0.1, 0.15) is 0 Å². The highest BCUT2D eigenvalue weighted by Gasteiger charge is 2.29. The number of fused-ring (bicyclic) bond motifs is 1. The summed E-state index contributed by atoms with van der Waals surface area (Å²) in [5.41, 5.74) is 2.81. The van der Waals surface area contributed by atoms with E-state index in [0.717, 1.165) is 29.6 Å². The Balaban J connectivity index is 1.62. The minimum Gasteiger partial charge on any atom is -0.308 e. The number of anilines is 1. The zero-order valence-electron chi connectivity index (χ0n) is 16.1. The third kappa shape index (κ3) is 3.36. The molecule has 0 saturated heterocycles. The Morgan fingerprint density at radius 1 is 1.32 bits per heavy atom. The van der Waals surface area contributed by atoms with Gasteiger partial charge in [-0.15, -0.1) is 0 Å². The predicted octanol–water partition coefficient (Wildman–Crippen LogP) is 5.01. The van der Waals surface area contributed by atoms with Gasteiger partial charge in [-0.3, -0.25) is 15.1 Å². The van der Waals surface area contributed by atoms with Crippen LogP contribution in [0, 0.1) is 6.57 Å². The Kier molecular flexibility index (Phi) is 4.60. The lowest BCUT2D eigenvalue weighted by Crippen LogP contribution is -2.28. The maximum atomic E-state index is 12.8. The molecule has 0 atom stereocenters. The molecule has 142 valence electrons. The number of rotatable bonds is 5. The number of hydrogen-bond acceptors (Lipinski definition) is 3. The van der Waals surface area contributed by atoms with E-state index in [1.165, 1.54) is 6.42 Å². The first-order valence-corrected chi connectivity index (χ1v) is 9.59. The van der Waals surface area contributed by atoms with E-state index in [2.05, 4.69) is 24.7 Å². The van der Waals surface area contributed by atoms with Gasteiger partial charge in [0, 0.05) is 29.8 Å². The number of imidazole rings is 1. The van der Waals surface area contributed by atoms with Gasteiger partial charge in [0.15, 0.2) is 5.69 Å². The molecule has 0 unspecified atom stereocenters. The van der Waals surface area contributed by atoms with Crippen LogP contribution in [-0.4, -0.2) is 20.4 Å². The van der Waals surface area contributed by atoms with Crippen molar-refractivity contribution in [3.63, 3.8) is 0 Å². The molecule has 28 heavy (non-hydrogen) atoms. The van der Waals surface area contributed by atoms with Crippen molar-refractivity contribution in [3.05, 3.63) is 59.7 Å². The molecule has 0 radical (unpaired) electrons. The van der Waals surface area contributed by atoms with E-state index in [1.54, 1.807) is 12.3 Å². The fourth-order valence-electron chi connectivity index (χ4n) is 3.68. The number of hydrogen-bond donors (Lipinski definition) is 1. The maximum Gasteiger partial charge on any atom is 0.227 e. The summed E-state index contributed by atoms with van der Waals surface area (Å²) in [5, 5.41) is 3.02. The second-order valence-electron chi connectivity index (χ2n) is 8.00. The molecule has 0 bridgehead atoms. The summed E-state index contributed by atoms with van der Waals surface area (Å²) < 4.78 is 2.10. The number of carbonyl (C=O) groups is 1. The summed E-state index contributed by atoms with van der Waals surface area (Å²) in [6, 6.07) is 11.6. The van der Waals surface area contributed by atoms with Gasteiger partial charge in [0.25, 0.3) is 0 Å². The van der Waals surface area contributed by atoms with Gasteiger partial charge in [-0.2, -0.15) is 0 Å². The number of carbonyl (C=O) groups excluding carboxylic acids is 1. The molecule has 6 nitrogen and oxygen atoms in total. The summed E-state index contributed by atoms with van der Waals surface area (Å²) in [6.45, 7) is 11.3. The summed E-state index contributed by atoms with van der Waals surface area (Å²) in [4.78, 5) is 25.4. The Hall–Kier alpha value is -3.20. The maximum absolute atomic E-state index is 12.8. The second kappa shape index (κ2) is 7.08. The largest absolute Gasteiger partial charge is 0.308 e. The van der Waals surface area contributed by atoms with Crippen molar-refractivity contribution < 1.29 is 4.79 Å². The standard InChI is InChI=1S/C22H23N5O/c1-22(2,19-9-4-5-12-24-19)14-20(28)26-21-25-17-11-10-15(23-3)13-18(17)27(21)16-7-6-8-16/h4-5,9-13,16H,6-8,14H2,1-2H3,(H,25,26,28). The average molecular weight is 373 g/mol. The minimum absolute atomic E-state index is 0.0862. The zero-order valence-corrected chi connectivity index (χ0v) is 16.1. The fraction of sp³-hybridized carbons (Fsp3) is 0.364. The lowest BCUT2D eigenvalue weighted by Gasteiger charge is -2.29. The van der Waals surface area contributed by atoms with E-state index in [1.807, 2.05) is 44.2 Å². The first kappa shape index (κ1) is 18.2. The van der Waals surface area contributed by atoms with Crippen molar-refractivity contribution in [3.8, 4) is 0 Å². The zero-order chi connectivity index (χ0) is 19.7. The molecule has 2 heterocycles. The lowest BCUT2D eigenvalue weighted by atomic mass is 9.85. The molecule has 1 amide bonds. The molecule has 2 aromatic heterocycles. The van der Waals surface area contributed by atoms with E-state index in [-0.39, 0.29) is 11.3 Å². The molecule has 6 heteroatoms. The monoisotopic (exact) mass is 373 g/mol. The first-order chi connectivity index (χ1) is 13.5. The fourth-order valence-corrected chi connectivity index (χ4v) is 3.68. The molecule has 1 aliphatic rings. The summed E-state index contributed by atoms with van der Waals surface area (Å²) >= 11 is 0. The summed E-state index contributed by atoms with van der Waals surface area (Å²) in [5.74, 6) is 0.487.